The number of aliphatic carboxylic acids is 1. The van der Waals surface area contributed by atoms with Crippen molar-refractivity contribution in [1.82, 2.24) is 9.88 Å². The van der Waals surface area contributed by atoms with Gasteiger partial charge in [-0.2, -0.15) is 0 Å². The van der Waals surface area contributed by atoms with Crippen molar-refractivity contribution in [2.24, 2.45) is 11.1 Å². The molecule has 38 heavy (non-hydrogen) atoms. The first-order valence-corrected chi connectivity index (χ1v) is 12.6. The largest absolute Gasteiger partial charge is 0.497 e. The van der Waals surface area contributed by atoms with Crippen molar-refractivity contribution >= 4 is 16.9 Å². The number of carboxylic acid groups (broad SMARTS) is 1. The first kappa shape index (κ1) is 27.7. The maximum Gasteiger partial charge on any atom is 0.309 e. The zero-order valence-corrected chi connectivity index (χ0v) is 21.3. The lowest BCUT2D eigenvalue weighted by atomic mass is 9.74. The topological polar surface area (TPSA) is 118 Å². The van der Waals surface area contributed by atoms with E-state index < -0.39 is 29.1 Å². The number of aliphatic hydroxyl groups is 1. The predicted molar refractivity (Wildman–Crippen MR) is 138 cm³/mol. The van der Waals surface area contributed by atoms with E-state index >= 15 is 0 Å². The number of halogens is 2. The molecule has 1 atom stereocenters. The fourth-order valence-corrected chi connectivity index (χ4v) is 5.15. The van der Waals surface area contributed by atoms with E-state index in [4.69, 9.17) is 15.2 Å². The normalized spacial score (nSPS) is 16.3. The van der Waals surface area contributed by atoms with Crippen LogP contribution in [0.25, 0.3) is 10.9 Å². The smallest absolute Gasteiger partial charge is 0.309 e. The van der Waals surface area contributed by atoms with E-state index in [1.807, 2.05) is 12.1 Å². The van der Waals surface area contributed by atoms with Gasteiger partial charge in [-0.25, -0.2) is 8.78 Å². The minimum atomic E-state index is -0.965. The Hall–Kier alpha value is -3.34. The number of likely N-dealkylation sites (tertiary alicyclic amines) is 1. The molecule has 0 saturated carbocycles. The van der Waals surface area contributed by atoms with Crippen molar-refractivity contribution in [2.45, 2.75) is 38.3 Å². The molecule has 0 radical (unpaired) electrons. The van der Waals surface area contributed by atoms with Gasteiger partial charge in [0.25, 0.3) is 0 Å². The standard InChI is InChI=1S/C28H33F2N3O5/c1-37-21-2-3-24-23(15-21)26(18(16-31)17-32-24)25(34)4-5-28(27(35)36)6-8-33(9-7-28)10-11-38-22-13-19(29)12-20(30)14-22/h2-3,12-15,17,25,34H,4-11,16,31H2,1H3,(H,35,36)/t25-/m0/s1. The van der Waals surface area contributed by atoms with Crippen LogP contribution in [-0.2, 0) is 11.3 Å². The summed E-state index contributed by atoms with van der Waals surface area (Å²) in [7, 11) is 1.56. The highest BCUT2D eigenvalue weighted by Crippen LogP contribution is 2.40. The summed E-state index contributed by atoms with van der Waals surface area (Å²) in [5.74, 6) is -1.54. The molecule has 2 aromatic carbocycles. The van der Waals surface area contributed by atoms with Gasteiger partial charge in [-0.1, -0.05) is 0 Å². The number of pyridine rings is 1. The Labute approximate surface area is 220 Å². The molecule has 10 heteroatoms. The number of nitrogens with zero attached hydrogens (tertiary/aromatic N) is 2. The minimum Gasteiger partial charge on any atom is -0.497 e. The molecule has 2 heterocycles. The van der Waals surface area contributed by atoms with Crippen molar-refractivity contribution in [3.8, 4) is 11.5 Å². The SMILES string of the molecule is COc1ccc2ncc(CN)c([C@@H](O)CCC3(C(=O)O)CCN(CCOc4cc(F)cc(F)c4)CC3)c2c1. The van der Waals surface area contributed by atoms with Crippen LogP contribution in [0.15, 0.2) is 42.6 Å². The number of piperidine rings is 1. The number of nitrogens with two attached hydrogens (primary N) is 1. The van der Waals surface area contributed by atoms with Gasteiger partial charge < -0.3 is 25.4 Å². The van der Waals surface area contributed by atoms with Crippen LogP contribution in [0.4, 0.5) is 8.78 Å². The molecule has 1 fully saturated rings. The van der Waals surface area contributed by atoms with Crippen LogP contribution < -0.4 is 15.2 Å². The van der Waals surface area contributed by atoms with E-state index in [-0.39, 0.29) is 25.3 Å². The molecule has 0 bridgehead atoms. The summed E-state index contributed by atoms with van der Waals surface area (Å²) in [6.45, 7) is 1.98. The molecule has 0 amide bonds. The van der Waals surface area contributed by atoms with E-state index in [1.165, 1.54) is 0 Å². The fourth-order valence-electron chi connectivity index (χ4n) is 5.15. The lowest BCUT2D eigenvalue weighted by molar-refractivity contribution is -0.153. The number of fused-ring (bicyclic) bond motifs is 1. The van der Waals surface area contributed by atoms with Crippen LogP contribution in [0.2, 0.25) is 0 Å². The molecule has 8 nitrogen and oxygen atoms in total. The molecule has 1 aliphatic rings. The highest BCUT2D eigenvalue weighted by atomic mass is 19.1. The van der Waals surface area contributed by atoms with Crippen molar-refractivity contribution in [1.29, 1.82) is 0 Å². The third-order valence-corrected chi connectivity index (χ3v) is 7.43. The molecule has 204 valence electrons. The number of aliphatic hydroxyl groups excluding tert-OH is 1. The van der Waals surface area contributed by atoms with Crippen LogP contribution in [0.5, 0.6) is 11.5 Å². The quantitative estimate of drug-likeness (QED) is 0.341. The highest BCUT2D eigenvalue weighted by Gasteiger charge is 2.41. The molecule has 4 N–H and O–H groups in total. The molecule has 1 aliphatic heterocycles. The Morgan fingerprint density at radius 1 is 1.16 bits per heavy atom. The number of benzene rings is 2. The Morgan fingerprint density at radius 3 is 2.50 bits per heavy atom. The van der Waals surface area contributed by atoms with E-state index in [2.05, 4.69) is 9.88 Å². The molecular formula is C28H33F2N3O5. The number of hydrogen-bond acceptors (Lipinski definition) is 7. The minimum absolute atomic E-state index is 0.117. The molecule has 3 aromatic rings. The molecule has 4 rings (SSSR count). The van der Waals surface area contributed by atoms with Gasteiger partial charge >= 0.3 is 5.97 Å². The maximum absolute atomic E-state index is 13.3. The number of aromatic nitrogens is 1. The van der Waals surface area contributed by atoms with Crippen LogP contribution in [0.1, 0.15) is 42.9 Å². The summed E-state index contributed by atoms with van der Waals surface area (Å²) in [5, 5.41) is 22.1. The summed E-state index contributed by atoms with van der Waals surface area (Å²) in [6.07, 6.45) is 2.12. The first-order valence-electron chi connectivity index (χ1n) is 12.6. The molecule has 1 aromatic heterocycles. The van der Waals surface area contributed by atoms with Crippen LogP contribution in [0, 0.1) is 17.0 Å². The van der Waals surface area contributed by atoms with Gasteiger partial charge in [0.2, 0.25) is 0 Å². The third-order valence-electron chi connectivity index (χ3n) is 7.43. The second-order valence-corrected chi connectivity index (χ2v) is 9.72. The Morgan fingerprint density at radius 2 is 1.87 bits per heavy atom. The number of methoxy groups -OCH3 is 1. The summed E-state index contributed by atoms with van der Waals surface area (Å²) in [4.78, 5) is 18.9. The molecule has 0 unspecified atom stereocenters. The lowest BCUT2D eigenvalue weighted by Crippen LogP contribution is -2.45. The highest BCUT2D eigenvalue weighted by molar-refractivity contribution is 5.85. The zero-order valence-electron chi connectivity index (χ0n) is 21.3. The predicted octanol–water partition coefficient (Wildman–Crippen LogP) is 4.04. The number of carboxylic acids is 1. The monoisotopic (exact) mass is 529 g/mol. The van der Waals surface area contributed by atoms with Gasteiger partial charge in [-0.3, -0.25) is 14.7 Å². The Balaban J connectivity index is 1.39. The van der Waals surface area contributed by atoms with Gasteiger partial charge in [0, 0.05) is 42.9 Å². The maximum atomic E-state index is 13.3. The molecule has 0 spiro atoms. The van der Waals surface area contributed by atoms with Crippen molar-refractivity contribution in [2.75, 3.05) is 33.4 Å². The summed E-state index contributed by atoms with van der Waals surface area (Å²) < 4.78 is 37.5. The van der Waals surface area contributed by atoms with E-state index in [0.717, 1.165) is 23.6 Å². The van der Waals surface area contributed by atoms with Gasteiger partial charge in [0.15, 0.2) is 0 Å². The first-order chi connectivity index (χ1) is 18.2. The fraction of sp³-hybridized carbons (Fsp3) is 0.429. The number of hydrogen-bond donors (Lipinski definition) is 3. The molecular weight excluding hydrogens is 496 g/mol. The van der Waals surface area contributed by atoms with Gasteiger partial charge in [0.05, 0.1) is 24.1 Å². The number of carbonyl (C=O) groups is 1. The third kappa shape index (κ3) is 6.20. The van der Waals surface area contributed by atoms with Crippen LogP contribution in [-0.4, -0.2) is 59.4 Å². The van der Waals surface area contributed by atoms with Crippen molar-refractivity contribution in [3.05, 3.63) is 65.4 Å². The average molecular weight is 530 g/mol. The Bertz CT molecular complexity index is 1260. The Kier molecular flexibility index (Phi) is 8.76. The summed E-state index contributed by atoms with van der Waals surface area (Å²) in [5.41, 5.74) is 7.03. The summed E-state index contributed by atoms with van der Waals surface area (Å²) >= 11 is 0. The number of ether oxygens (including phenoxy) is 2. The average Bonchev–Trinajstić information content (AvgIpc) is 2.90. The van der Waals surface area contributed by atoms with Crippen LogP contribution >= 0.6 is 0 Å². The lowest BCUT2D eigenvalue weighted by Gasteiger charge is -2.39. The second kappa shape index (κ2) is 12.0. The molecule has 1 saturated heterocycles. The summed E-state index contributed by atoms with van der Waals surface area (Å²) in [6, 6.07) is 8.45. The van der Waals surface area contributed by atoms with Crippen molar-refractivity contribution < 1.29 is 33.3 Å². The number of rotatable bonds is 11. The van der Waals surface area contributed by atoms with Gasteiger partial charge in [-0.05, 0) is 68.1 Å². The second-order valence-electron chi connectivity index (χ2n) is 9.72. The van der Waals surface area contributed by atoms with Crippen LogP contribution in [0.3, 0.4) is 0 Å². The van der Waals surface area contributed by atoms with Gasteiger partial charge in [-0.15, -0.1) is 0 Å². The van der Waals surface area contributed by atoms with E-state index in [0.29, 0.717) is 61.3 Å². The van der Waals surface area contributed by atoms with Gasteiger partial charge in [0.1, 0.15) is 29.7 Å². The zero-order chi connectivity index (χ0) is 27.3. The van der Waals surface area contributed by atoms with E-state index in [9.17, 15) is 23.8 Å². The molecule has 0 aliphatic carbocycles. The van der Waals surface area contributed by atoms with Crippen molar-refractivity contribution in [3.63, 3.8) is 0 Å². The van der Waals surface area contributed by atoms with E-state index in [1.54, 1.807) is 19.4 Å².